The molecule has 3 atom stereocenters. The van der Waals surface area contributed by atoms with Crippen LogP contribution in [-0.4, -0.2) is 57.6 Å². The Balaban J connectivity index is 2.99. The number of likely N-dealkylation sites (tertiary alicyclic amines) is 1. The SMILES string of the molecule is CC(=O)OCC(CSC(C)=O)C(=O)[N+]1(C(=O)O)CCC[C@H]1C. The molecule has 1 fully saturated rings. The van der Waals surface area contributed by atoms with Crippen molar-refractivity contribution in [2.24, 2.45) is 5.92 Å². The zero-order valence-electron chi connectivity index (χ0n) is 13.0. The predicted molar refractivity (Wildman–Crippen MR) is 80.1 cm³/mol. The highest BCUT2D eigenvalue weighted by Gasteiger charge is 2.55. The smallest absolute Gasteiger partial charge is 0.465 e. The first-order valence-electron chi connectivity index (χ1n) is 7.14. The normalized spacial score (nSPS) is 25.5. The van der Waals surface area contributed by atoms with Crippen molar-refractivity contribution in [2.75, 3.05) is 18.9 Å². The summed E-state index contributed by atoms with van der Waals surface area (Å²) in [5, 5.41) is 9.41. The Morgan fingerprint density at radius 2 is 1.95 bits per heavy atom. The van der Waals surface area contributed by atoms with Crippen molar-refractivity contribution in [1.82, 2.24) is 0 Å². The van der Waals surface area contributed by atoms with Crippen molar-refractivity contribution in [3.05, 3.63) is 0 Å². The number of carbonyl (C=O) groups is 4. The fourth-order valence-electron chi connectivity index (χ4n) is 2.74. The van der Waals surface area contributed by atoms with Crippen molar-refractivity contribution in [3.8, 4) is 0 Å². The number of esters is 1. The lowest BCUT2D eigenvalue weighted by atomic mass is 10.1. The molecule has 0 bridgehead atoms. The molecule has 2 amide bonds. The van der Waals surface area contributed by atoms with Crippen molar-refractivity contribution in [2.45, 2.75) is 39.7 Å². The van der Waals surface area contributed by atoms with Crippen LogP contribution in [0.5, 0.6) is 0 Å². The van der Waals surface area contributed by atoms with E-state index in [2.05, 4.69) is 0 Å². The van der Waals surface area contributed by atoms with Crippen LogP contribution in [0, 0.1) is 5.92 Å². The van der Waals surface area contributed by atoms with Gasteiger partial charge in [0.25, 0.3) is 0 Å². The van der Waals surface area contributed by atoms with Crippen LogP contribution in [0.2, 0.25) is 0 Å². The van der Waals surface area contributed by atoms with E-state index < -0.39 is 28.4 Å². The van der Waals surface area contributed by atoms with Crippen molar-refractivity contribution in [1.29, 1.82) is 0 Å². The summed E-state index contributed by atoms with van der Waals surface area (Å²) in [4.78, 5) is 46.7. The van der Waals surface area contributed by atoms with Crippen LogP contribution in [0.15, 0.2) is 0 Å². The van der Waals surface area contributed by atoms with Gasteiger partial charge in [0, 0.05) is 32.4 Å². The maximum absolute atomic E-state index is 12.8. The molecule has 22 heavy (non-hydrogen) atoms. The Hall–Kier alpha value is -1.41. The lowest BCUT2D eigenvalue weighted by Gasteiger charge is -2.32. The molecule has 0 saturated carbocycles. The molecule has 0 aliphatic carbocycles. The van der Waals surface area contributed by atoms with E-state index >= 15 is 0 Å². The van der Waals surface area contributed by atoms with Crippen LogP contribution < -0.4 is 0 Å². The number of carbonyl (C=O) groups excluding carboxylic acids is 3. The molecule has 0 spiro atoms. The second-order valence-electron chi connectivity index (χ2n) is 5.51. The zero-order valence-corrected chi connectivity index (χ0v) is 13.9. The summed E-state index contributed by atoms with van der Waals surface area (Å²) in [6, 6.07) is -0.327. The molecule has 2 unspecified atom stereocenters. The molecule has 124 valence electrons. The van der Waals surface area contributed by atoms with Crippen molar-refractivity contribution >= 4 is 34.8 Å². The van der Waals surface area contributed by atoms with Crippen LogP contribution in [0.3, 0.4) is 0 Å². The average molecular weight is 332 g/mol. The van der Waals surface area contributed by atoms with E-state index in [1.807, 2.05) is 0 Å². The highest BCUT2D eigenvalue weighted by molar-refractivity contribution is 8.13. The molecule has 1 heterocycles. The molecule has 0 aromatic rings. The maximum atomic E-state index is 12.8. The third-order valence-corrected chi connectivity index (χ3v) is 4.92. The van der Waals surface area contributed by atoms with Gasteiger partial charge in [0.1, 0.15) is 18.6 Å². The number of amides is 2. The van der Waals surface area contributed by atoms with Crippen molar-refractivity contribution in [3.63, 3.8) is 0 Å². The molecule has 0 aromatic heterocycles. The summed E-state index contributed by atoms with van der Waals surface area (Å²) in [6.45, 7) is 4.36. The summed E-state index contributed by atoms with van der Waals surface area (Å²) in [6.07, 6.45) is 0.119. The summed E-state index contributed by atoms with van der Waals surface area (Å²) in [7, 11) is 0. The van der Waals surface area contributed by atoms with Crippen LogP contribution >= 0.6 is 11.8 Å². The second-order valence-corrected chi connectivity index (χ2v) is 6.70. The topological polar surface area (TPSA) is 97.7 Å². The van der Waals surface area contributed by atoms with Crippen LogP contribution in [0.1, 0.15) is 33.6 Å². The highest BCUT2D eigenvalue weighted by Crippen LogP contribution is 2.31. The molecule has 0 radical (unpaired) electrons. The van der Waals surface area contributed by atoms with Crippen LogP contribution in [0.4, 0.5) is 4.79 Å². The number of thioether (sulfide) groups is 1. The van der Waals surface area contributed by atoms with E-state index in [9.17, 15) is 24.3 Å². The van der Waals surface area contributed by atoms with Crippen LogP contribution in [0.25, 0.3) is 0 Å². The molecule has 1 aliphatic rings. The molecule has 0 aromatic carbocycles. The third-order valence-electron chi connectivity index (χ3n) is 3.94. The Labute approximate surface area is 133 Å². The van der Waals surface area contributed by atoms with Gasteiger partial charge in [-0.3, -0.25) is 9.59 Å². The number of hydrogen-bond acceptors (Lipinski definition) is 6. The summed E-state index contributed by atoms with van der Waals surface area (Å²) < 4.78 is 4.24. The number of hydrogen-bond donors (Lipinski definition) is 1. The standard InChI is InChI=1S/C14H21NO6S/c1-9-5-4-6-15(9,14(19)20)13(18)12(7-21-10(2)16)8-22-11(3)17/h9,12H,4-8H2,1-3H3/p+1/t9-,12?,15?/m1/s1. The first-order valence-corrected chi connectivity index (χ1v) is 8.12. The van der Waals surface area contributed by atoms with E-state index in [-0.39, 0.29) is 30.1 Å². The van der Waals surface area contributed by atoms with Gasteiger partial charge in [-0.2, -0.15) is 9.28 Å². The number of ether oxygens (including phenoxy) is 1. The van der Waals surface area contributed by atoms with Gasteiger partial charge in [0.2, 0.25) is 0 Å². The minimum absolute atomic E-state index is 0.113. The number of carboxylic acid groups (broad SMARTS) is 1. The molecule has 1 saturated heterocycles. The fraction of sp³-hybridized carbons (Fsp3) is 0.714. The number of rotatable bonds is 5. The number of imide groups is 1. The summed E-state index contributed by atoms with van der Waals surface area (Å²) in [5.74, 6) is -1.73. The van der Waals surface area contributed by atoms with E-state index in [0.29, 0.717) is 12.8 Å². The first kappa shape index (κ1) is 18.6. The largest absolute Gasteiger partial charge is 0.521 e. The molecule has 1 N–H and O–H groups in total. The monoisotopic (exact) mass is 332 g/mol. The van der Waals surface area contributed by atoms with E-state index in [4.69, 9.17) is 4.74 Å². The Kier molecular flexibility index (Phi) is 6.55. The minimum atomic E-state index is -1.18. The average Bonchev–Trinajstić information content (AvgIpc) is 2.80. The van der Waals surface area contributed by atoms with E-state index in [0.717, 1.165) is 11.8 Å². The quantitative estimate of drug-likeness (QED) is 0.604. The predicted octanol–water partition coefficient (Wildman–Crippen LogP) is 1.65. The molecular formula is C14H22NO6S+. The Morgan fingerprint density at radius 3 is 2.36 bits per heavy atom. The van der Waals surface area contributed by atoms with E-state index in [1.165, 1.54) is 13.8 Å². The highest BCUT2D eigenvalue weighted by atomic mass is 32.2. The fourth-order valence-corrected chi connectivity index (χ4v) is 3.41. The van der Waals surface area contributed by atoms with Gasteiger partial charge in [0.05, 0.1) is 6.54 Å². The molecule has 7 nitrogen and oxygen atoms in total. The molecular weight excluding hydrogens is 310 g/mol. The lowest BCUT2D eigenvalue weighted by molar-refractivity contribution is -0.794. The van der Waals surface area contributed by atoms with Gasteiger partial charge in [-0.15, -0.1) is 0 Å². The number of quaternary nitrogens is 1. The van der Waals surface area contributed by atoms with Gasteiger partial charge in [-0.1, -0.05) is 11.8 Å². The minimum Gasteiger partial charge on any atom is -0.465 e. The van der Waals surface area contributed by atoms with Gasteiger partial charge in [-0.05, 0) is 6.92 Å². The van der Waals surface area contributed by atoms with Gasteiger partial charge < -0.3 is 9.84 Å². The Morgan fingerprint density at radius 1 is 1.32 bits per heavy atom. The Bertz CT molecular complexity index is 462. The zero-order chi connectivity index (χ0) is 16.9. The molecule has 8 heteroatoms. The second kappa shape index (κ2) is 7.73. The molecule has 1 aliphatic heterocycles. The molecule has 1 rings (SSSR count). The lowest BCUT2D eigenvalue weighted by Crippen LogP contribution is -2.61. The van der Waals surface area contributed by atoms with Gasteiger partial charge in [-0.25, -0.2) is 4.79 Å². The van der Waals surface area contributed by atoms with E-state index in [1.54, 1.807) is 6.92 Å². The number of nitrogens with zero attached hydrogens (tertiary/aromatic N) is 1. The summed E-state index contributed by atoms with van der Waals surface area (Å²) in [5.41, 5.74) is 0. The van der Waals surface area contributed by atoms with Crippen LogP contribution in [-0.2, 0) is 19.1 Å². The summed E-state index contributed by atoms with van der Waals surface area (Å²) >= 11 is 0.936. The first-order chi connectivity index (χ1) is 10.2. The third kappa shape index (κ3) is 4.07. The maximum Gasteiger partial charge on any atom is 0.521 e. The van der Waals surface area contributed by atoms with Crippen molar-refractivity contribution < 1.29 is 33.5 Å². The van der Waals surface area contributed by atoms with Gasteiger partial charge in [0.15, 0.2) is 5.12 Å². The van der Waals surface area contributed by atoms with Gasteiger partial charge >= 0.3 is 18.0 Å².